The number of carbonyl (C=O) groups is 2. The summed E-state index contributed by atoms with van der Waals surface area (Å²) in [6, 6.07) is 3.00. The predicted octanol–water partition coefficient (Wildman–Crippen LogP) is 0.560. The van der Waals surface area contributed by atoms with E-state index >= 15 is 0 Å². The van der Waals surface area contributed by atoms with E-state index in [1.165, 1.54) is 12.3 Å². The molecule has 1 heterocycles. The van der Waals surface area contributed by atoms with Gasteiger partial charge in [0.05, 0.1) is 6.54 Å². The Morgan fingerprint density at radius 3 is 2.94 bits per heavy atom. The zero-order valence-electron chi connectivity index (χ0n) is 8.27. The maximum absolute atomic E-state index is 11.4. The molecule has 0 fully saturated rings. The van der Waals surface area contributed by atoms with Gasteiger partial charge in [0.1, 0.15) is 12.3 Å². The van der Waals surface area contributed by atoms with Crippen molar-refractivity contribution < 1.29 is 14.3 Å². The summed E-state index contributed by atoms with van der Waals surface area (Å²) in [6.45, 7) is 0.178. The SMILES string of the molecule is NC(=O)OCCNC(=O)c1cc(Cl)ccn1. The number of primary amides is 1. The molecule has 0 radical (unpaired) electrons. The first-order valence-electron chi connectivity index (χ1n) is 4.41. The van der Waals surface area contributed by atoms with Gasteiger partial charge in [0.25, 0.3) is 5.91 Å². The molecule has 0 aliphatic carbocycles. The Bertz CT molecular complexity index is 397. The molecular weight excluding hydrogens is 234 g/mol. The van der Waals surface area contributed by atoms with E-state index in [9.17, 15) is 9.59 Å². The van der Waals surface area contributed by atoms with Gasteiger partial charge in [-0.05, 0) is 12.1 Å². The van der Waals surface area contributed by atoms with Gasteiger partial charge in [-0.1, -0.05) is 11.6 Å². The fourth-order valence-electron chi connectivity index (χ4n) is 0.936. The van der Waals surface area contributed by atoms with Gasteiger partial charge in [0.15, 0.2) is 0 Å². The first-order valence-corrected chi connectivity index (χ1v) is 4.79. The number of nitrogens with one attached hydrogen (secondary N) is 1. The smallest absolute Gasteiger partial charge is 0.404 e. The van der Waals surface area contributed by atoms with Crippen molar-refractivity contribution in [2.75, 3.05) is 13.2 Å². The van der Waals surface area contributed by atoms with E-state index in [1.54, 1.807) is 6.07 Å². The quantitative estimate of drug-likeness (QED) is 0.756. The number of carbonyl (C=O) groups excluding carboxylic acids is 2. The molecule has 0 unspecified atom stereocenters. The second-order valence-corrected chi connectivity index (χ2v) is 3.22. The predicted molar refractivity (Wildman–Crippen MR) is 57.1 cm³/mol. The van der Waals surface area contributed by atoms with Crippen molar-refractivity contribution in [1.29, 1.82) is 0 Å². The van der Waals surface area contributed by atoms with E-state index in [0.29, 0.717) is 5.02 Å². The van der Waals surface area contributed by atoms with Crippen LogP contribution in [0.15, 0.2) is 18.3 Å². The van der Waals surface area contributed by atoms with Crippen molar-refractivity contribution in [2.45, 2.75) is 0 Å². The monoisotopic (exact) mass is 243 g/mol. The molecule has 0 bridgehead atoms. The van der Waals surface area contributed by atoms with Gasteiger partial charge in [-0.15, -0.1) is 0 Å². The second kappa shape index (κ2) is 5.92. The molecule has 3 N–H and O–H groups in total. The average molecular weight is 244 g/mol. The summed E-state index contributed by atoms with van der Waals surface area (Å²) >= 11 is 5.69. The number of rotatable bonds is 4. The largest absolute Gasteiger partial charge is 0.448 e. The molecule has 1 aromatic heterocycles. The highest BCUT2D eigenvalue weighted by molar-refractivity contribution is 6.30. The Hall–Kier alpha value is -1.82. The Morgan fingerprint density at radius 2 is 2.31 bits per heavy atom. The summed E-state index contributed by atoms with van der Waals surface area (Å²) in [5.74, 6) is -0.393. The second-order valence-electron chi connectivity index (χ2n) is 2.78. The van der Waals surface area contributed by atoms with Crippen LogP contribution in [-0.4, -0.2) is 30.1 Å². The molecular formula is C9H10ClN3O3. The van der Waals surface area contributed by atoms with Gasteiger partial charge in [-0.25, -0.2) is 4.79 Å². The van der Waals surface area contributed by atoms with Crippen molar-refractivity contribution in [1.82, 2.24) is 10.3 Å². The highest BCUT2D eigenvalue weighted by atomic mass is 35.5. The van der Waals surface area contributed by atoms with Gasteiger partial charge >= 0.3 is 6.09 Å². The van der Waals surface area contributed by atoms with Crippen LogP contribution in [0.4, 0.5) is 4.79 Å². The molecule has 16 heavy (non-hydrogen) atoms. The van der Waals surface area contributed by atoms with Crippen LogP contribution in [0, 0.1) is 0 Å². The molecule has 0 spiro atoms. The van der Waals surface area contributed by atoms with E-state index in [4.69, 9.17) is 17.3 Å². The van der Waals surface area contributed by atoms with Crippen molar-refractivity contribution in [3.63, 3.8) is 0 Å². The molecule has 0 aromatic carbocycles. The number of pyridine rings is 1. The minimum atomic E-state index is -0.880. The van der Waals surface area contributed by atoms with E-state index < -0.39 is 12.0 Å². The number of aromatic nitrogens is 1. The summed E-state index contributed by atoms with van der Waals surface area (Å²) in [4.78, 5) is 25.5. The number of nitrogens with zero attached hydrogens (tertiary/aromatic N) is 1. The minimum Gasteiger partial charge on any atom is -0.448 e. The van der Waals surface area contributed by atoms with E-state index in [1.807, 2.05) is 0 Å². The maximum atomic E-state index is 11.4. The van der Waals surface area contributed by atoms with E-state index in [0.717, 1.165) is 0 Å². The fourth-order valence-corrected chi connectivity index (χ4v) is 1.10. The van der Waals surface area contributed by atoms with Crippen molar-refractivity contribution >= 4 is 23.6 Å². The summed E-state index contributed by atoms with van der Waals surface area (Å²) in [6.07, 6.45) is 0.548. The third kappa shape index (κ3) is 4.14. The zero-order chi connectivity index (χ0) is 12.0. The van der Waals surface area contributed by atoms with Crippen LogP contribution >= 0.6 is 11.6 Å². The van der Waals surface area contributed by atoms with Crippen molar-refractivity contribution in [3.8, 4) is 0 Å². The molecule has 1 aromatic rings. The number of halogens is 1. The molecule has 7 heteroatoms. The number of hydrogen-bond donors (Lipinski definition) is 2. The number of amides is 2. The molecule has 0 aliphatic rings. The highest BCUT2D eigenvalue weighted by Gasteiger charge is 2.06. The number of ether oxygens (including phenoxy) is 1. The Labute approximate surface area is 96.7 Å². The van der Waals surface area contributed by atoms with Crippen LogP contribution in [-0.2, 0) is 4.74 Å². The van der Waals surface area contributed by atoms with Crippen LogP contribution in [0.2, 0.25) is 5.02 Å². The first-order chi connectivity index (χ1) is 7.59. The van der Waals surface area contributed by atoms with Crippen LogP contribution < -0.4 is 11.1 Å². The molecule has 1 rings (SSSR count). The van der Waals surface area contributed by atoms with Gasteiger partial charge in [-0.2, -0.15) is 0 Å². The van der Waals surface area contributed by atoms with Gasteiger partial charge in [-0.3, -0.25) is 9.78 Å². The molecule has 0 atom stereocenters. The van der Waals surface area contributed by atoms with Gasteiger partial charge in [0, 0.05) is 11.2 Å². The lowest BCUT2D eigenvalue weighted by molar-refractivity contribution is 0.0932. The summed E-state index contributed by atoms with van der Waals surface area (Å²) in [5.41, 5.74) is 4.94. The summed E-state index contributed by atoms with van der Waals surface area (Å²) in [7, 11) is 0. The Balaban J connectivity index is 2.38. The third-order valence-electron chi connectivity index (χ3n) is 1.59. The van der Waals surface area contributed by atoms with Gasteiger partial charge in [0.2, 0.25) is 0 Å². The molecule has 0 aliphatic heterocycles. The maximum Gasteiger partial charge on any atom is 0.404 e. The zero-order valence-corrected chi connectivity index (χ0v) is 9.03. The lowest BCUT2D eigenvalue weighted by atomic mass is 10.3. The van der Waals surface area contributed by atoms with Crippen molar-refractivity contribution in [2.24, 2.45) is 5.73 Å². The van der Waals surface area contributed by atoms with Crippen LogP contribution in [0.25, 0.3) is 0 Å². The molecule has 0 saturated heterocycles. The first kappa shape index (κ1) is 12.3. The lowest BCUT2D eigenvalue weighted by Crippen LogP contribution is -2.29. The van der Waals surface area contributed by atoms with Gasteiger partial charge < -0.3 is 15.8 Å². The van der Waals surface area contributed by atoms with E-state index in [2.05, 4.69) is 15.0 Å². The molecule has 2 amide bonds. The van der Waals surface area contributed by atoms with Crippen LogP contribution in [0.3, 0.4) is 0 Å². The van der Waals surface area contributed by atoms with E-state index in [-0.39, 0.29) is 18.8 Å². The standard InChI is InChI=1S/C9H10ClN3O3/c10-6-1-2-12-7(5-6)8(14)13-3-4-16-9(11)15/h1-2,5H,3-4H2,(H2,11,15)(H,13,14). The third-order valence-corrected chi connectivity index (χ3v) is 1.82. The topological polar surface area (TPSA) is 94.3 Å². The number of hydrogen-bond acceptors (Lipinski definition) is 4. The molecule has 86 valence electrons. The normalized spacial score (nSPS) is 9.56. The van der Waals surface area contributed by atoms with Crippen molar-refractivity contribution in [3.05, 3.63) is 29.0 Å². The lowest BCUT2D eigenvalue weighted by Gasteiger charge is -2.04. The number of nitrogens with two attached hydrogens (primary N) is 1. The summed E-state index contributed by atoms with van der Waals surface area (Å²) in [5, 5.41) is 2.91. The van der Waals surface area contributed by atoms with Crippen LogP contribution in [0.1, 0.15) is 10.5 Å². The molecule has 6 nitrogen and oxygen atoms in total. The average Bonchev–Trinajstić information content (AvgIpc) is 2.24. The van der Waals surface area contributed by atoms with Crippen LogP contribution in [0.5, 0.6) is 0 Å². The fraction of sp³-hybridized carbons (Fsp3) is 0.222. The summed E-state index contributed by atoms with van der Waals surface area (Å²) < 4.78 is 4.43. The Morgan fingerprint density at radius 1 is 1.56 bits per heavy atom. The minimum absolute atomic E-state index is 0.0155. The highest BCUT2D eigenvalue weighted by Crippen LogP contribution is 2.07. The Kier molecular flexibility index (Phi) is 4.53. The molecule has 0 saturated carbocycles.